The molecule has 0 aliphatic carbocycles. The van der Waals surface area contributed by atoms with E-state index in [1.54, 1.807) is 26.2 Å². The Labute approximate surface area is 105 Å². The molecule has 1 aromatic heterocycles. The highest BCUT2D eigenvalue weighted by Crippen LogP contribution is 2.01. The molecular weight excluding hydrogens is 236 g/mol. The lowest BCUT2D eigenvalue weighted by Crippen LogP contribution is -2.45. The van der Waals surface area contributed by atoms with Crippen molar-refractivity contribution in [2.45, 2.75) is 12.5 Å². The van der Waals surface area contributed by atoms with E-state index in [2.05, 4.69) is 5.32 Å². The van der Waals surface area contributed by atoms with E-state index in [1.807, 2.05) is 0 Å². The van der Waals surface area contributed by atoms with Crippen molar-refractivity contribution in [3.63, 3.8) is 0 Å². The average Bonchev–Trinajstić information content (AvgIpc) is 2.30. The maximum atomic E-state index is 11.8. The molecule has 0 spiro atoms. The molecule has 1 amide bonds. The van der Waals surface area contributed by atoms with Crippen molar-refractivity contribution in [2.24, 2.45) is 7.05 Å². The summed E-state index contributed by atoms with van der Waals surface area (Å²) >= 11 is 0. The molecule has 100 valence electrons. The highest BCUT2D eigenvalue weighted by Gasteiger charge is 2.22. The summed E-state index contributed by atoms with van der Waals surface area (Å²) in [6.45, 7) is 1.65. The van der Waals surface area contributed by atoms with Gasteiger partial charge in [-0.05, 0) is 19.1 Å². The van der Waals surface area contributed by atoms with E-state index < -0.39 is 11.5 Å². The number of pyridine rings is 1. The summed E-state index contributed by atoms with van der Waals surface area (Å²) in [5.74, 6) is -0.507. The number of aromatic nitrogens is 1. The minimum atomic E-state index is -1.16. The Kier molecular flexibility index (Phi) is 4.63. The highest BCUT2D eigenvalue weighted by atomic mass is 16.5. The van der Waals surface area contributed by atoms with Crippen molar-refractivity contribution in [3.8, 4) is 0 Å². The van der Waals surface area contributed by atoms with Crippen molar-refractivity contribution >= 4 is 5.91 Å². The van der Waals surface area contributed by atoms with E-state index in [9.17, 15) is 14.7 Å². The number of aliphatic hydroxyl groups is 1. The Morgan fingerprint density at radius 1 is 1.61 bits per heavy atom. The molecule has 2 N–H and O–H groups in total. The summed E-state index contributed by atoms with van der Waals surface area (Å²) in [6.07, 6.45) is 1.57. The van der Waals surface area contributed by atoms with Gasteiger partial charge in [0.25, 0.3) is 11.5 Å². The van der Waals surface area contributed by atoms with Crippen LogP contribution in [0.15, 0.2) is 23.1 Å². The van der Waals surface area contributed by atoms with Crippen LogP contribution in [0.4, 0.5) is 0 Å². The SMILES string of the molecule is COC[C@@](C)(O)CNC(=O)c1cccn(C)c1=O. The van der Waals surface area contributed by atoms with Crippen LogP contribution < -0.4 is 10.9 Å². The smallest absolute Gasteiger partial charge is 0.263 e. The molecule has 0 aliphatic rings. The number of nitrogens with zero attached hydrogens (tertiary/aromatic N) is 1. The Morgan fingerprint density at radius 3 is 2.89 bits per heavy atom. The first-order valence-electron chi connectivity index (χ1n) is 5.52. The van der Waals surface area contributed by atoms with Gasteiger partial charge in [-0.2, -0.15) is 0 Å². The molecule has 1 heterocycles. The third-order valence-electron chi connectivity index (χ3n) is 2.45. The number of rotatable bonds is 5. The highest BCUT2D eigenvalue weighted by molar-refractivity contribution is 5.93. The molecule has 1 rings (SSSR count). The van der Waals surface area contributed by atoms with Crippen molar-refractivity contribution in [1.29, 1.82) is 0 Å². The Hall–Kier alpha value is -1.66. The average molecular weight is 254 g/mol. The molecule has 0 unspecified atom stereocenters. The Bertz CT molecular complexity index is 479. The first-order valence-corrected chi connectivity index (χ1v) is 5.52. The molecule has 0 aromatic carbocycles. The topological polar surface area (TPSA) is 80.6 Å². The third kappa shape index (κ3) is 3.68. The van der Waals surface area contributed by atoms with Crippen molar-refractivity contribution < 1.29 is 14.6 Å². The number of amides is 1. The van der Waals surface area contributed by atoms with Crippen LogP contribution in [0, 0.1) is 0 Å². The normalized spacial score (nSPS) is 14.0. The maximum absolute atomic E-state index is 11.8. The maximum Gasteiger partial charge on any atom is 0.263 e. The van der Waals surface area contributed by atoms with Gasteiger partial charge in [0.2, 0.25) is 0 Å². The molecule has 0 saturated carbocycles. The van der Waals surface area contributed by atoms with Gasteiger partial charge in [-0.1, -0.05) is 0 Å². The lowest BCUT2D eigenvalue weighted by Gasteiger charge is -2.22. The summed E-state index contributed by atoms with van der Waals surface area (Å²) in [4.78, 5) is 23.5. The van der Waals surface area contributed by atoms with Crippen molar-refractivity contribution in [3.05, 3.63) is 34.2 Å². The van der Waals surface area contributed by atoms with Crippen LogP contribution in [0.3, 0.4) is 0 Å². The van der Waals surface area contributed by atoms with Gasteiger partial charge in [-0.3, -0.25) is 9.59 Å². The zero-order valence-electron chi connectivity index (χ0n) is 10.8. The molecule has 0 saturated heterocycles. The van der Waals surface area contributed by atoms with Gasteiger partial charge >= 0.3 is 0 Å². The van der Waals surface area contributed by atoms with Crippen LogP contribution in [0.25, 0.3) is 0 Å². The van der Waals surface area contributed by atoms with Gasteiger partial charge in [0, 0.05) is 26.9 Å². The van der Waals surface area contributed by atoms with Crippen LogP contribution in [-0.2, 0) is 11.8 Å². The van der Waals surface area contributed by atoms with E-state index in [-0.39, 0.29) is 24.3 Å². The predicted octanol–water partition coefficient (Wildman–Crippen LogP) is -0.488. The number of ether oxygens (including phenoxy) is 1. The minimum absolute atomic E-state index is 0.0116. The van der Waals surface area contributed by atoms with Crippen LogP contribution >= 0.6 is 0 Å². The van der Waals surface area contributed by atoms with Crippen LogP contribution in [0.2, 0.25) is 0 Å². The summed E-state index contributed by atoms with van der Waals surface area (Å²) in [6, 6.07) is 3.06. The molecule has 6 nitrogen and oxygen atoms in total. The summed E-state index contributed by atoms with van der Waals surface area (Å²) < 4.78 is 6.14. The van der Waals surface area contributed by atoms with Crippen molar-refractivity contribution in [2.75, 3.05) is 20.3 Å². The lowest BCUT2D eigenvalue weighted by atomic mass is 10.1. The molecule has 0 fully saturated rings. The van der Waals surface area contributed by atoms with Gasteiger partial charge in [-0.15, -0.1) is 0 Å². The predicted molar refractivity (Wildman–Crippen MR) is 66.5 cm³/mol. The van der Waals surface area contributed by atoms with Crippen LogP contribution in [0.1, 0.15) is 17.3 Å². The van der Waals surface area contributed by atoms with E-state index in [4.69, 9.17) is 4.74 Å². The fourth-order valence-corrected chi connectivity index (χ4v) is 1.50. The lowest BCUT2D eigenvalue weighted by molar-refractivity contribution is -0.0147. The molecule has 1 atom stereocenters. The van der Waals surface area contributed by atoms with E-state index in [1.165, 1.54) is 17.7 Å². The van der Waals surface area contributed by atoms with Crippen LogP contribution in [-0.4, -0.2) is 41.4 Å². The first kappa shape index (κ1) is 14.4. The Morgan fingerprint density at radius 2 is 2.28 bits per heavy atom. The zero-order chi connectivity index (χ0) is 13.8. The van der Waals surface area contributed by atoms with Crippen molar-refractivity contribution in [1.82, 2.24) is 9.88 Å². The molecule has 0 aliphatic heterocycles. The molecular formula is C12H18N2O4. The number of nitrogens with one attached hydrogen (secondary N) is 1. The largest absolute Gasteiger partial charge is 0.386 e. The third-order valence-corrected chi connectivity index (χ3v) is 2.45. The fraction of sp³-hybridized carbons (Fsp3) is 0.500. The van der Waals surface area contributed by atoms with E-state index in [0.29, 0.717) is 0 Å². The first-order chi connectivity index (χ1) is 8.37. The fourth-order valence-electron chi connectivity index (χ4n) is 1.50. The monoisotopic (exact) mass is 254 g/mol. The second-order valence-corrected chi connectivity index (χ2v) is 4.45. The number of carbonyl (C=O) groups is 1. The van der Waals surface area contributed by atoms with Gasteiger partial charge < -0.3 is 19.7 Å². The number of hydrogen-bond donors (Lipinski definition) is 2. The minimum Gasteiger partial charge on any atom is -0.386 e. The standard InChI is InChI=1S/C12H18N2O4/c1-12(17,8-18-3)7-13-10(15)9-5-4-6-14(2)11(9)16/h4-6,17H,7-8H2,1-3H3,(H,13,15)/t12-/m0/s1. The van der Waals surface area contributed by atoms with Gasteiger partial charge in [0.15, 0.2) is 0 Å². The summed E-state index contributed by atoms with van der Waals surface area (Å²) in [7, 11) is 3.03. The quantitative estimate of drug-likeness (QED) is 0.743. The molecule has 6 heteroatoms. The zero-order valence-corrected chi connectivity index (χ0v) is 10.8. The number of aryl methyl sites for hydroxylation is 1. The summed E-state index contributed by atoms with van der Waals surface area (Å²) in [5, 5.41) is 12.3. The Balaban J connectivity index is 2.72. The molecule has 18 heavy (non-hydrogen) atoms. The second kappa shape index (κ2) is 5.79. The summed E-state index contributed by atoms with van der Waals surface area (Å²) in [5.41, 5.74) is -1.49. The van der Waals surface area contributed by atoms with Gasteiger partial charge in [0.05, 0.1) is 6.61 Å². The molecule has 0 bridgehead atoms. The van der Waals surface area contributed by atoms with E-state index >= 15 is 0 Å². The van der Waals surface area contributed by atoms with Gasteiger partial charge in [-0.25, -0.2) is 0 Å². The van der Waals surface area contributed by atoms with Gasteiger partial charge in [0.1, 0.15) is 11.2 Å². The number of carbonyl (C=O) groups excluding carboxylic acids is 1. The second-order valence-electron chi connectivity index (χ2n) is 4.45. The molecule has 1 aromatic rings. The molecule has 0 radical (unpaired) electrons. The van der Waals surface area contributed by atoms with E-state index in [0.717, 1.165) is 0 Å². The number of methoxy groups -OCH3 is 1. The number of hydrogen-bond acceptors (Lipinski definition) is 4. The van der Waals surface area contributed by atoms with Crippen LogP contribution in [0.5, 0.6) is 0 Å².